The van der Waals surface area contributed by atoms with Gasteiger partial charge in [-0.3, -0.25) is 4.79 Å². The number of anilines is 1. The van der Waals surface area contributed by atoms with Crippen molar-refractivity contribution in [2.45, 2.75) is 0 Å². The number of halogens is 1. The molecule has 108 valence electrons. The molecule has 2 rings (SSSR count). The van der Waals surface area contributed by atoms with Crippen molar-refractivity contribution in [1.82, 2.24) is 0 Å². The first-order valence-electron chi connectivity index (χ1n) is 5.99. The summed E-state index contributed by atoms with van der Waals surface area (Å²) in [5.41, 5.74) is 0.924. The van der Waals surface area contributed by atoms with Crippen molar-refractivity contribution >= 4 is 29.2 Å². The van der Waals surface area contributed by atoms with E-state index >= 15 is 0 Å². The lowest BCUT2D eigenvalue weighted by Gasteiger charge is -2.08. The van der Waals surface area contributed by atoms with Crippen LogP contribution in [0.4, 0.5) is 5.69 Å². The van der Waals surface area contributed by atoms with Gasteiger partial charge >= 0.3 is 5.97 Å². The summed E-state index contributed by atoms with van der Waals surface area (Å²) < 4.78 is 4.58. The first kappa shape index (κ1) is 14.9. The van der Waals surface area contributed by atoms with Crippen molar-refractivity contribution in [3.8, 4) is 5.75 Å². The van der Waals surface area contributed by atoms with Crippen LogP contribution in [0.3, 0.4) is 0 Å². The Morgan fingerprint density at radius 1 is 1.14 bits per heavy atom. The zero-order valence-electron chi connectivity index (χ0n) is 11.1. The Morgan fingerprint density at radius 2 is 1.81 bits per heavy atom. The Kier molecular flexibility index (Phi) is 4.45. The van der Waals surface area contributed by atoms with Crippen LogP contribution in [0.5, 0.6) is 5.75 Å². The lowest BCUT2D eigenvalue weighted by atomic mass is 10.1. The minimum Gasteiger partial charge on any atom is -0.507 e. The van der Waals surface area contributed by atoms with E-state index < -0.39 is 11.9 Å². The van der Waals surface area contributed by atoms with E-state index in [0.717, 1.165) is 0 Å². The van der Waals surface area contributed by atoms with Crippen LogP contribution in [0, 0.1) is 0 Å². The van der Waals surface area contributed by atoms with Gasteiger partial charge in [0.1, 0.15) is 5.75 Å². The van der Waals surface area contributed by atoms with Gasteiger partial charge in [0.2, 0.25) is 0 Å². The molecule has 2 aromatic carbocycles. The van der Waals surface area contributed by atoms with E-state index in [2.05, 4.69) is 10.1 Å². The van der Waals surface area contributed by atoms with Crippen molar-refractivity contribution in [3.63, 3.8) is 0 Å². The molecule has 0 aromatic heterocycles. The van der Waals surface area contributed by atoms with Crippen LogP contribution in [0.2, 0.25) is 5.02 Å². The maximum atomic E-state index is 12.0. The highest BCUT2D eigenvalue weighted by Gasteiger charge is 2.12. The van der Waals surface area contributed by atoms with Crippen LogP contribution < -0.4 is 5.32 Å². The molecule has 0 unspecified atom stereocenters. The van der Waals surface area contributed by atoms with Gasteiger partial charge in [-0.25, -0.2) is 4.79 Å². The highest BCUT2D eigenvalue weighted by molar-refractivity contribution is 6.31. The predicted octanol–water partition coefficient (Wildman–Crippen LogP) is 3.08. The van der Waals surface area contributed by atoms with Gasteiger partial charge in [-0.15, -0.1) is 0 Å². The Bertz CT molecular complexity index is 683. The molecule has 0 radical (unpaired) electrons. The van der Waals surface area contributed by atoms with Crippen LogP contribution in [0.15, 0.2) is 42.5 Å². The second-order valence-electron chi connectivity index (χ2n) is 4.18. The van der Waals surface area contributed by atoms with Crippen molar-refractivity contribution < 1.29 is 19.4 Å². The number of carbonyl (C=O) groups excluding carboxylic acids is 2. The van der Waals surface area contributed by atoms with E-state index in [4.69, 9.17) is 11.6 Å². The Hall–Kier alpha value is -2.53. The van der Waals surface area contributed by atoms with E-state index in [1.807, 2.05) is 0 Å². The summed E-state index contributed by atoms with van der Waals surface area (Å²) in [4.78, 5) is 23.3. The number of methoxy groups -OCH3 is 1. The molecule has 0 atom stereocenters. The summed E-state index contributed by atoms with van der Waals surface area (Å²) in [6.07, 6.45) is 0. The van der Waals surface area contributed by atoms with Crippen LogP contribution in [-0.2, 0) is 4.74 Å². The van der Waals surface area contributed by atoms with Gasteiger partial charge < -0.3 is 15.2 Å². The molecule has 0 aliphatic carbocycles. The molecule has 21 heavy (non-hydrogen) atoms. The van der Waals surface area contributed by atoms with Gasteiger partial charge in [0.15, 0.2) is 0 Å². The summed E-state index contributed by atoms with van der Waals surface area (Å²) in [7, 11) is 1.29. The molecular weight excluding hydrogens is 294 g/mol. The maximum Gasteiger partial charge on any atom is 0.337 e. The van der Waals surface area contributed by atoms with Crippen molar-refractivity contribution in [3.05, 3.63) is 58.6 Å². The molecule has 0 heterocycles. The highest BCUT2D eigenvalue weighted by atomic mass is 35.5. The van der Waals surface area contributed by atoms with Gasteiger partial charge in [0.25, 0.3) is 5.91 Å². The number of benzene rings is 2. The molecule has 0 aliphatic rings. The standard InChI is InChI=1S/C15H12ClNO4/c1-21-15(20)9-2-5-11(6-3-9)17-14(19)12-8-10(16)4-7-13(12)18/h2-8,18H,1H3,(H,17,19). The molecule has 5 nitrogen and oxygen atoms in total. The van der Waals surface area contributed by atoms with Gasteiger partial charge in [0.05, 0.1) is 18.2 Å². The SMILES string of the molecule is COC(=O)c1ccc(NC(=O)c2cc(Cl)ccc2O)cc1. The number of carbonyl (C=O) groups is 2. The third kappa shape index (κ3) is 3.52. The summed E-state index contributed by atoms with van der Waals surface area (Å²) >= 11 is 5.79. The summed E-state index contributed by atoms with van der Waals surface area (Å²) in [6, 6.07) is 10.4. The minimum absolute atomic E-state index is 0.0690. The molecule has 0 saturated carbocycles. The Labute approximate surface area is 126 Å². The molecule has 0 aliphatic heterocycles. The van der Waals surface area contributed by atoms with E-state index in [1.54, 1.807) is 12.1 Å². The number of hydrogen-bond donors (Lipinski definition) is 2. The van der Waals surface area contributed by atoms with Gasteiger partial charge in [-0.2, -0.15) is 0 Å². The van der Waals surface area contributed by atoms with E-state index in [0.29, 0.717) is 16.3 Å². The fourth-order valence-corrected chi connectivity index (χ4v) is 1.87. The van der Waals surface area contributed by atoms with Crippen LogP contribution in [-0.4, -0.2) is 24.1 Å². The summed E-state index contributed by atoms with van der Waals surface area (Å²) in [6.45, 7) is 0. The number of nitrogens with one attached hydrogen (secondary N) is 1. The van der Waals surface area contributed by atoms with Crippen molar-refractivity contribution in [2.75, 3.05) is 12.4 Å². The number of amides is 1. The first-order valence-corrected chi connectivity index (χ1v) is 6.37. The Morgan fingerprint density at radius 3 is 2.43 bits per heavy atom. The maximum absolute atomic E-state index is 12.0. The largest absolute Gasteiger partial charge is 0.507 e. The molecule has 6 heteroatoms. The van der Waals surface area contributed by atoms with Crippen LogP contribution in [0.1, 0.15) is 20.7 Å². The molecule has 1 amide bonds. The fourth-order valence-electron chi connectivity index (χ4n) is 1.70. The number of aromatic hydroxyl groups is 1. The lowest BCUT2D eigenvalue weighted by molar-refractivity contribution is 0.0600. The van der Waals surface area contributed by atoms with Gasteiger partial charge in [0, 0.05) is 10.7 Å². The number of ether oxygens (including phenoxy) is 1. The van der Waals surface area contributed by atoms with Gasteiger partial charge in [-0.05, 0) is 42.5 Å². The number of hydrogen-bond acceptors (Lipinski definition) is 4. The van der Waals surface area contributed by atoms with E-state index in [-0.39, 0.29) is 11.3 Å². The molecular formula is C15H12ClNO4. The van der Waals surface area contributed by atoms with Crippen molar-refractivity contribution in [1.29, 1.82) is 0 Å². The average molecular weight is 306 g/mol. The zero-order chi connectivity index (χ0) is 15.4. The third-order valence-electron chi connectivity index (χ3n) is 2.77. The first-order chi connectivity index (χ1) is 10.0. The second-order valence-corrected chi connectivity index (χ2v) is 4.62. The number of esters is 1. The minimum atomic E-state index is -0.499. The monoisotopic (exact) mass is 305 g/mol. The zero-order valence-corrected chi connectivity index (χ0v) is 11.8. The highest BCUT2D eigenvalue weighted by Crippen LogP contribution is 2.22. The quantitative estimate of drug-likeness (QED) is 0.854. The average Bonchev–Trinajstić information content (AvgIpc) is 2.49. The molecule has 0 bridgehead atoms. The van der Waals surface area contributed by atoms with Crippen LogP contribution in [0.25, 0.3) is 0 Å². The number of phenolic OH excluding ortho intramolecular Hbond substituents is 1. The lowest BCUT2D eigenvalue weighted by Crippen LogP contribution is -2.12. The summed E-state index contributed by atoms with van der Waals surface area (Å²) in [5.74, 6) is -1.12. The molecule has 2 aromatic rings. The topological polar surface area (TPSA) is 75.6 Å². The molecule has 0 fully saturated rings. The predicted molar refractivity (Wildman–Crippen MR) is 78.9 cm³/mol. The fraction of sp³-hybridized carbons (Fsp3) is 0.0667. The molecule has 0 saturated heterocycles. The van der Waals surface area contributed by atoms with Crippen LogP contribution >= 0.6 is 11.6 Å². The van der Waals surface area contributed by atoms with E-state index in [9.17, 15) is 14.7 Å². The van der Waals surface area contributed by atoms with Gasteiger partial charge in [-0.1, -0.05) is 11.6 Å². The van der Waals surface area contributed by atoms with E-state index in [1.165, 1.54) is 37.4 Å². The normalized spacial score (nSPS) is 10.0. The number of phenols is 1. The molecule has 0 spiro atoms. The second kappa shape index (κ2) is 6.28. The summed E-state index contributed by atoms with van der Waals surface area (Å²) in [5, 5.41) is 12.6. The number of rotatable bonds is 3. The Balaban J connectivity index is 2.16. The third-order valence-corrected chi connectivity index (χ3v) is 3.00. The smallest absolute Gasteiger partial charge is 0.337 e. The van der Waals surface area contributed by atoms with Crippen molar-refractivity contribution in [2.24, 2.45) is 0 Å². The molecule has 2 N–H and O–H groups in total.